The van der Waals surface area contributed by atoms with Crippen molar-refractivity contribution in [1.82, 2.24) is 4.98 Å². The fourth-order valence-corrected chi connectivity index (χ4v) is 2.75. The van der Waals surface area contributed by atoms with Crippen molar-refractivity contribution < 1.29 is 5.11 Å². The van der Waals surface area contributed by atoms with Crippen LogP contribution in [-0.4, -0.2) is 34.2 Å². The van der Waals surface area contributed by atoms with E-state index in [-0.39, 0.29) is 0 Å². The molecule has 0 amide bonds. The molecule has 1 aromatic carbocycles. The van der Waals surface area contributed by atoms with Crippen molar-refractivity contribution in [2.75, 3.05) is 23.9 Å². The molecule has 0 radical (unpaired) electrons. The minimum absolute atomic E-state index is 0.371. The summed E-state index contributed by atoms with van der Waals surface area (Å²) in [6.07, 6.45) is 1.96. The van der Waals surface area contributed by atoms with Gasteiger partial charge in [-0.05, 0) is 25.3 Å². The van der Waals surface area contributed by atoms with Crippen LogP contribution in [-0.2, 0) is 0 Å². The monoisotopic (exact) mass is 287 g/mol. The van der Waals surface area contributed by atoms with Crippen LogP contribution in [0, 0.1) is 11.3 Å². The summed E-state index contributed by atoms with van der Waals surface area (Å²) in [6.45, 7) is 2.22. The first-order chi connectivity index (χ1) is 9.55. The van der Waals surface area contributed by atoms with Crippen molar-refractivity contribution in [3.05, 3.63) is 36.0 Å². The van der Waals surface area contributed by atoms with E-state index < -0.39 is 5.60 Å². The third-order valence-corrected chi connectivity index (χ3v) is 3.86. The van der Waals surface area contributed by atoms with Gasteiger partial charge in [-0.15, -0.1) is 0 Å². The Morgan fingerprint density at radius 3 is 2.90 bits per heavy atom. The van der Waals surface area contributed by atoms with Gasteiger partial charge in [0.15, 0.2) is 0 Å². The molecule has 2 aromatic rings. The molecule has 2 rings (SSSR count). The van der Waals surface area contributed by atoms with Gasteiger partial charge in [-0.1, -0.05) is 18.2 Å². The van der Waals surface area contributed by atoms with Gasteiger partial charge in [0.05, 0.1) is 11.1 Å². The Kier molecular flexibility index (Phi) is 4.48. The Morgan fingerprint density at radius 2 is 2.20 bits per heavy atom. The van der Waals surface area contributed by atoms with Gasteiger partial charge < -0.3 is 10.4 Å². The lowest BCUT2D eigenvalue weighted by Gasteiger charge is -2.23. The zero-order valence-corrected chi connectivity index (χ0v) is 12.4. The van der Waals surface area contributed by atoms with Gasteiger partial charge >= 0.3 is 0 Å². The van der Waals surface area contributed by atoms with Crippen LogP contribution in [0.4, 0.5) is 5.69 Å². The maximum absolute atomic E-state index is 10.2. The van der Waals surface area contributed by atoms with Crippen molar-refractivity contribution in [3.8, 4) is 6.07 Å². The van der Waals surface area contributed by atoms with E-state index in [9.17, 15) is 5.11 Å². The number of pyridine rings is 1. The van der Waals surface area contributed by atoms with E-state index in [0.717, 1.165) is 16.6 Å². The maximum Gasteiger partial charge on any atom is 0.143 e. The first kappa shape index (κ1) is 14.6. The number of nitriles is 1. The number of nitrogens with one attached hydrogen (secondary N) is 1. The molecule has 0 aliphatic heterocycles. The molecular formula is C15H17N3OS. The summed E-state index contributed by atoms with van der Waals surface area (Å²) in [5.41, 5.74) is 1.18. The maximum atomic E-state index is 10.2. The number of hydrogen-bond donors (Lipinski definition) is 2. The van der Waals surface area contributed by atoms with E-state index in [2.05, 4.69) is 16.4 Å². The summed E-state index contributed by atoms with van der Waals surface area (Å²) in [6, 6.07) is 11.4. The summed E-state index contributed by atoms with van der Waals surface area (Å²) in [7, 11) is 0. The zero-order chi connectivity index (χ0) is 14.6. The SMILES string of the molecule is CSC[C@](C)(O)CNc1cc(C#N)nc2ccccc12. The fraction of sp³-hybridized carbons (Fsp3) is 0.333. The molecule has 0 aliphatic rings. The Hall–Kier alpha value is -1.77. The number of aliphatic hydroxyl groups is 1. The molecule has 104 valence electrons. The van der Waals surface area contributed by atoms with Crippen molar-refractivity contribution >= 4 is 28.4 Å². The van der Waals surface area contributed by atoms with Crippen LogP contribution < -0.4 is 5.32 Å². The van der Waals surface area contributed by atoms with Crippen molar-refractivity contribution in [1.29, 1.82) is 5.26 Å². The summed E-state index contributed by atoms with van der Waals surface area (Å²) in [5.74, 6) is 0.647. The quantitative estimate of drug-likeness (QED) is 0.884. The number of hydrogen-bond acceptors (Lipinski definition) is 5. The molecule has 0 spiro atoms. The van der Waals surface area contributed by atoms with Gasteiger partial charge in [0.1, 0.15) is 11.8 Å². The number of benzene rings is 1. The lowest BCUT2D eigenvalue weighted by Crippen LogP contribution is -2.36. The van der Waals surface area contributed by atoms with Gasteiger partial charge in [-0.2, -0.15) is 17.0 Å². The smallest absolute Gasteiger partial charge is 0.143 e. The molecule has 1 heterocycles. The molecule has 0 unspecified atom stereocenters. The predicted molar refractivity (Wildman–Crippen MR) is 84.0 cm³/mol. The Bertz CT molecular complexity index is 649. The lowest BCUT2D eigenvalue weighted by molar-refractivity contribution is 0.0997. The molecule has 0 fully saturated rings. The molecule has 5 heteroatoms. The van der Waals surface area contributed by atoms with Crippen molar-refractivity contribution in [2.45, 2.75) is 12.5 Å². The van der Waals surface area contributed by atoms with Crippen LogP contribution in [0.5, 0.6) is 0 Å². The summed E-state index contributed by atoms with van der Waals surface area (Å²) < 4.78 is 0. The Morgan fingerprint density at radius 1 is 1.45 bits per heavy atom. The second-order valence-corrected chi connectivity index (χ2v) is 5.83. The standard InChI is InChI=1S/C15H17N3OS/c1-15(19,10-20-2)9-17-14-7-11(8-16)18-13-6-4-3-5-12(13)14/h3-7,19H,9-10H2,1-2H3,(H,17,18)/t15-/m1/s1. The van der Waals surface area contributed by atoms with Crippen LogP contribution >= 0.6 is 11.8 Å². The minimum Gasteiger partial charge on any atom is -0.387 e. The highest BCUT2D eigenvalue weighted by atomic mass is 32.2. The minimum atomic E-state index is -0.795. The second-order valence-electron chi connectivity index (χ2n) is 4.97. The zero-order valence-electron chi connectivity index (χ0n) is 11.6. The fourth-order valence-electron chi connectivity index (χ4n) is 2.03. The van der Waals surface area contributed by atoms with E-state index in [0.29, 0.717) is 18.0 Å². The number of anilines is 1. The number of para-hydroxylation sites is 1. The molecule has 0 bridgehead atoms. The lowest BCUT2D eigenvalue weighted by atomic mass is 10.1. The highest BCUT2D eigenvalue weighted by Crippen LogP contribution is 2.24. The topological polar surface area (TPSA) is 68.9 Å². The number of thioether (sulfide) groups is 1. The first-order valence-corrected chi connectivity index (χ1v) is 7.70. The molecule has 20 heavy (non-hydrogen) atoms. The Labute approximate surface area is 122 Å². The third kappa shape index (κ3) is 3.41. The first-order valence-electron chi connectivity index (χ1n) is 6.31. The van der Waals surface area contributed by atoms with Gasteiger partial charge in [-0.25, -0.2) is 4.98 Å². The number of fused-ring (bicyclic) bond motifs is 1. The van der Waals surface area contributed by atoms with E-state index >= 15 is 0 Å². The molecular weight excluding hydrogens is 270 g/mol. The molecule has 4 nitrogen and oxygen atoms in total. The van der Waals surface area contributed by atoms with Crippen LogP contribution in [0.1, 0.15) is 12.6 Å². The molecule has 0 aliphatic carbocycles. The Balaban J connectivity index is 2.31. The highest BCUT2D eigenvalue weighted by Gasteiger charge is 2.19. The highest BCUT2D eigenvalue weighted by molar-refractivity contribution is 7.98. The predicted octanol–water partition coefficient (Wildman–Crippen LogP) is 2.63. The second kappa shape index (κ2) is 6.12. The molecule has 1 atom stereocenters. The normalized spacial score (nSPS) is 13.7. The number of rotatable bonds is 5. The molecule has 1 aromatic heterocycles. The van der Waals surface area contributed by atoms with Crippen LogP contribution in [0.25, 0.3) is 10.9 Å². The van der Waals surface area contributed by atoms with E-state index in [4.69, 9.17) is 5.26 Å². The van der Waals surface area contributed by atoms with Gasteiger partial charge in [0.25, 0.3) is 0 Å². The van der Waals surface area contributed by atoms with E-state index in [1.165, 1.54) is 0 Å². The largest absolute Gasteiger partial charge is 0.387 e. The van der Waals surface area contributed by atoms with Gasteiger partial charge in [0, 0.05) is 23.4 Å². The molecule has 0 saturated heterocycles. The summed E-state index contributed by atoms with van der Waals surface area (Å²) >= 11 is 1.60. The van der Waals surface area contributed by atoms with E-state index in [1.807, 2.05) is 30.5 Å². The van der Waals surface area contributed by atoms with Crippen molar-refractivity contribution in [3.63, 3.8) is 0 Å². The van der Waals surface area contributed by atoms with Gasteiger partial charge in [0.2, 0.25) is 0 Å². The van der Waals surface area contributed by atoms with E-state index in [1.54, 1.807) is 24.8 Å². The summed E-state index contributed by atoms with van der Waals surface area (Å²) in [4.78, 5) is 4.27. The average molecular weight is 287 g/mol. The third-order valence-electron chi connectivity index (χ3n) is 2.95. The van der Waals surface area contributed by atoms with Crippen molar-refractivity contribution in [2.24, 2.45) is 0 Å². The van der Waals surface area contributed by atoms with Crippen LogP contribution in [0.2, 0.25) is 0 Å². The number of aromatic nitrogens is 1. The van der Waals surface area contributed by atoms with Crippen LogP contribution in [0.15, 0.2) is 30.3 Å². The molecule has 2 N–H and O–H groups in total. The van der Waals surface area contributed by atoms with Gasteiger partial charge in [-0.3, -0.25) is 0 Å². The number of nitrogens with zero attached hydrogens (tertiary/aromatic N) is 2. The molecule has 0 saturated carbocycles. The van der Waals surface area contributed by atoms with Crippen LogP contribution in [0.3, 0.4) is 0 Å². The summed E-state index contributed by atoms with van der Waals surface area (Å²) in [5, 5.41) is 23.4. The average Bonchev–Trinajstić information content (AvgIpc) is 2.44.